The third-order valence-corrected chi connectivity index (χ3v) is 5.38. The Kier molecular flexibility index (Phi) is 11.1. The Morgan fingerprint density at radius 2 is 1.79 bits per heavy atom. The summed E-state index contributed by atoms with van der Waals surface area (Å²) < 4.78 is 11.2. The summed E-state index contributed by atoms with van der Waals surface area (Å²) in [4.78, 5) is 15.3. The van der Waals surface area contributed by atoms with Gasteiger partial charge in [0.25, 0.3) is 5.91 Å². The lowest BCUT2D eigenvalue weighted by Gasteiger charge is -2.13. The van der Waals surface area contributed by atoms with Crippen LogP contribution < -0.4 is 20.5 Å². The van der Waals surface area contributed by atoms with Crippen LogP contribution in [0.4, 0.5) is 0 Å². The number of carbonyl (C=O) groups excluding carboxylic acids is 1. The van der Waals surface area contributed by atoms with Crippen molar-refractivity contribution in [1.82, 2.24) is 10.3 Å². The first-order valence-electron chi connectivity index (χ1n) is 11.5. The molecule has 7 heteroatoms. The Morgan fingerprint density at radius 1 is 1.12 bits per heavy atom. The summed E-state index contributed by atoms with van der Waals surface area (Å²) in [6, 6.07) is 11.0. The third kappa shape index (κ3) is 7.72. The number of H-pyrrole nitrogens is 1. The number of carbonyl (C=O) groups is 1. The molecule has 0 aliphatic heterocycles. The molecule has 2 aromatic carbocycles. The topological polar surface area (TPSA) is 89.4 Å². The van der Waals surface area contributed by atoms with Gasteiger partial charge >= 0.3 is 0 Å². The number of aromatic nitrogens is 1. The van der Waals surface area contributed by atoms with Gasteiger partial charge in [-0.2, -0.15) is 12.6 Å². The molecule has 1 aromatic heterocycles. The number of nitrogens with one attached hydrogen (secondary N) is 2. The molecule has 0 aliphatic rings. The van der Waals surface area contributed by atoms with Gasteiger partial charge in [-0.05, 0) is 79.6 Å². The van der Waals surface area contributed by atoms with Crippen LogP contribution in [0.3, 0.4) is 0 Å². The molecule has 0 bridgehead atoms. The van der Waals surface area contributed by atoms with Crippen molar-refractivity contribution < 1.29 is 14.3 Å². The number of fused-ring (bicyclic) bond motifs is 1. The van der Waals surface area contributed by atoms with Crippen LogP contribution in [0.5, 0.6) is 17.2 Å². The van der Waals surface area contributed by atoms with E-state index >= 15 is 0 Å². The fourth-order valence-electron chi connectivity index (χ4n) is 3.70. The van der Waals surface area contributed by atoms with Crippen molar-refractivity contribution in [2.45, 2.75) is 46.0 Å². The molecular weight excluding hydrogens is 434 g/mol. The highest BCUT2D eigenvalue weighted by Crippen LogP contribution is 2.35. The number of hydrogen-bond donors (Lipinski definition) is 4. The minimum absolute atomic E-state index is 0.359. The highest BCUT2D eigenvalue weighted by Gasteiger charge is 2.17. The lowest BCUT2D eigenvalue weighted by molar-refractivity contribution is 0.100. The van der Waals surface area contributed by atoms with E-state index in [9.17, 15) is 4.79 Å². The molecule has 1 atom stereocenters. The number of methoxy groups -OCH3 is 1. The van der Waals surface area contributed by atoms with Crippen LogP contribution in [0.15, 0.2) is 42.6 Å². The molecule has 1 unspecified atom stereocenters. The number of rotatable bonds is 11. The number of thiol groups is 1. The third-order valence-electron chi connectivity index (χ3n) is 5.38. The Balaban J connectivity index is 0.00000122. The summed E-state index contributed by atoms with van der Waals surface area (Å²) in [6.07, 6.45) is 5.36. The molecule has 6 nitrogen and oxygen atoms in total. The monoisotopic (exact) mass is 471 g/mol. The van der Waals surface area contributed by atoms with Gasteiger partial charge in [0, 0.05) is 11.6 Å². The molecule has 0 fully saturated rings. The summed E-state index contributed by atoms with van der Waals surface area (Å²) in [7, 11) is 1.62. The van der Waals surface area contributed by atoms with Crippen molar-refractivity contribution in [3.05, 3.63) is 53.7 Å². The predicted octanol–water partition coefficient (Wildman–Crippen LogP) is 5.89. The maximum atomic E-state index is 12.1. The number of aromatic amines is 1. The zero-order valence-electron chi connectivity index (χ0n) is 20.1. The second-order valence-corrected chi connectivity index (χ2v) is 8.48. The SMILES string of the molecule is CCNCCCCC(C)c1c[nH]c2c(C(N)=O)cc(Oc3ccc(OC)cc3)cc12.CCS. The highest BCUT2D eigenvalue weighted by molar-refractivity contribution is 7.80. The number of unbranched alkanes of at least 4 members (excludes halogenated alkanes) is 1. The molecule has 0 saturated heterocycles. The zero-order valence-corrected chi connectivity index (χ0v) is 21.0. The average molecular weight is 472 g/mol. The van der Waals surface area contributed by atoms with Crippen LogP contribution in [0.1, 0.15) is 61.9 Å². The van der Waals surface area contributed by atoms with Gasteiger partial charge in [-0.1, -0.05) is 27.2 Å². The number of ether oxygens (including phenoxy) is 2. The van der Waals surface area contributed by atoms with E-state index < -0.39 is 5.91 Å². The van der Waals surface area contributed by atoms with Crippen LogP contribution in [-0.2, 0) is 0 Å². The molecule has 33 heavy (non-hydrogen) atoms. The van der Waals surface area contributed by atoms with E-state index in [0.717, 1.165) is 54.8 Å². The normalized spacial score (nSPS) is 11.5. The maximum Gasteiger partial charge on any atom is 0.250 e. The van der Waals surface area contributed by atoms with E-state index in [1.807, 2.05) is 43.5 Å². The summed E-state index contributed by atoms with van der Waals surface area (Å²) in [5.74, 6) is 2.83. The van der Waals surface area contributed by atoms with Gasteiger partial charge in [0.05, 0.1) is 18.2 Å². The van der Waals surface area contributed by atoms with E-state index in [-0.39, 0.29) is 0 Å². The number of nitrogens with two attached hydrogens (primary N) is 1. The summed E-state index contributed by atoms with van der Waals surface area (Å²) in [5, 5.41) is 4.34. The molecule has 1 amide bonds. The molecule has 1 heterocycles. The van der Waals surface area contributed by atoms with Gasteiger partial charge in [-0.3, -0.25) is 4.79 Å². The summed E-state index contributed by atoms with van der Waals surface area (Å²) in [5.41, 5.74) is 8.03. The van der Waals surface area contributed by atoms with Crippen molar-refractivity contribution in [2.24, 2.45) is 5.73 Å². The van der Waals surface area contributed by atoms with Crippen molar-refractivity contribution in [3.63, 3.8) is 0 Å². The molecule has 0 spiro atoms. The molecule has 0 aliphatic carbocycles. The van der Waals surface area contributed by atoms with Crippen LogP contribution in [0, 0.1) is 0 Å². The standard InChI is InChI=1S/C24H31N3O3.C2H6S/c1-4-26-12-6-5-7-16(2)22-15-27-23-20(22)13-19(14-21(23)24(25)28)30-18-10-8-17(29-3)9-11-18;1-2-3/h8-11,13-16,26-27H,4-7,12H2,1-3H3,(H2,25,28);3H,2H2,1H3. The fourth-order valence-corrected chi connectivity index (χ4v) is 3.70. The number of primary amides is 1. The van der Waals surface area contributed by atoms with Gasteiger partial charge in [-0.15, -0.1) is 0 Å². The molecule has 0 radical (unpaired) electrons. The minimum Gasteiger partial charge on any atom is -0.497 e. The van der Waals surface area contributed by atoms with Crippen LogP contribution in [0.2, 0.25) is 0 Å². The maximum absolute atomic E-state index is 12.1. The van der Waals surface area contributed by atoms with Gasteiger partial charge in [0.2, 0.25) is 0 Å². The molecule has 180 valence electrons. The predicted molar refractivity (Wildman–Crippen MR) is 140 cm³/mol. The molecular formula is C26H37N3O3S. The van der Waals surface area contributed by atoms with E-state index in [1.165, 1.54) is 5.56 Å². The van der Waals surface area contributed by atoms with Crippen molar-refractivity contribution in [1.29, 1.82) is 0 Å². The summed E-state index contributed by atoms with van der Waals surface area (Å²) >= 11 is 3.79. The first-order chi connectivity index (χ1) is 15.9. The quantitative estimate of drug-likeness (QED) is 0.207. The van der Waals surface area contributed by atoms with Gasteiger partial charge < -0.3 is 25.5 Å². The Labute approximate surface area is 202 Å². The van der Waals surface area contributed by atoms with Crippen molar-refractivity contribution >= 4 is 29.4 Å². The molecule has 0 saturated carbocycles. The van der Waals surface area contributed by atoms with Crippen molar-refractivity contribution in [2.75, 3.05) is 26.0 Å². The Bertz CT molecular complexity index is 1000. The van der Waals surface area contributed by atoms with Crippen molar-refractivity contribution in [3.8, 4) is 17.2 Å². The van der Waals surface area contributed by atoms with Crippen LogP contribution in [0.25, 0.3) is 10.9 Å². The van der Waals surface area contributed by atoms with E-state index in [0.29, 0.717) is 23.0 Å². The second-order valence-electron chi connectivity index (χ2n) is 7.85. The van der Waals surface area contributed by atoms with Crippen LogP contribution in [-0.4, -0.2) is 36.8 Å². The Hall–Kier alpha value is -2.64. The van der Waals surface area contributed by atoms with Crippen LogP contribution >= 0.6 is 12.6 Å². The largest absolute Gasteiger partial charge is 0.497 e. The van der Waals surface area contributed by atoms with E-state index in [2.05, 4.69) is 36.8 Å². The van der Waals surface area contributed by atoms with Gasteiger partial charge in [0.15, 0.2) is 0 Å². The summed E-state index contributed by atoms with van der Waals surface area (Å²) in [6.45, 7) is 8.38. The molecule has 3 rings (SSSR count). The molecule has 4 N–H and O–H groups in total. The number of amides is 1. The number of hydrogen-bond acceptors (Lipinski definition) is 5. The molecule has 3 aromatic rings. The first-order valence-corrected chi connectivity index (χ1v) is 12.2. The van der Waals surface area contributed by atoms with Gasteiger partial charge in [-0.25, -0.2) is 0 Å². The van der Waals surface area contributed by atoms with E-state index in [1.54, 1.807) is 13.2 Å². The minimum atomic E-state index is -0.480. The average Bonchev–Trinajstić information content (AvgIpc) is 3.23. The van der Waals surface area contributed by atoms with Gasteiger partial charge in [0.1, 0.15) is 17.2 Å². The zero-order chi connectivity index (χ0) is 24.2. The first kappa shape index (κ1) is 26.6. The smallest absolute Gasteiger partial charge is 0.250 e. The lowest BCUT2D eigenvalue weighted by Crippen LogP contribution is -2.13. The lowest BCUT2D eigenvalue weighted by atomic mass is 9.94. The second kappa shape index (κ2) is 13.8. The Morgan fingerprint density at radius 3 is 2.39 bits per heavy atom. The number of benzene rings is 2. The van der Waals surface area contributed by atoms with E-state index in [4.69, 9.17) is 15.2 Å². The highest BCUT2D eigenvalue weighted by atomic mass is 32.1. The fraction of sp³-hybridized carbons (Fsp3) is 0.423.